The number of hydrogen-bond acceptors (Lipinski definition) is 2. The van der Waals surface area contributed by atoms with Crippen LogP contribution in [0.4, 0.5) is 0 Å². The van der Waals surface area contributed by atoms with Gasteiger partial charge in [0.15, 0.2) is 0 Å². The number of hydrogen-bond donors (Lipinski definition) is 0. The van der Waals surface area contributed by atoms with Crippen LogP contribution >= 0.6 is 0 Å². The molecule has 28 valence electrons. The van der Waals surface area contributed by atoms with Crippen LogP contribution in [0.3, 0.4) is 0 Å². The van der Waals surface area contributed by atoms with E-state index in [0.717, 1.165) is 0 Å². The van der Waals surface area contributed by atoms with E-state index in [-0.39, 0.29) is 0 Å². The summed E-state index contributed by atoms with van der Waals surface area (Å²) in [5.41, 5.74) is 0. The smallest absolute Gasteiger partial charge is 0.116 e. The Hall–Kier alpha value is -0.920. The molecule has 0 fully saturated rings. The van der Waals surface area contributed by atoms with Gasteiger partial charge in [-0.15, -0.1) is 0 Å². The average Bonchev–Trinajstić information content (AvgIpc) is 1.72. The molecule has 0 saturated carbocycles. The second-order valence-electron chi connectivity index (χ2n) is 0.776. The Morgan fingerprint density at radius 2 is 1.83 bits per heavy atom. The van der Waals surface area contributed by atoms with E-state index in [1.165, 1.54) is 12.4 Å². The Bertz CT molecular complexity index is 77.5. The fraction of sp³-hybridized carbons (Fsp3) is 0. The zero-order valence-electron chi connectivity index (χ0n) is 3.05. The Balaban J connectivity index is 3.00. The van der Waals surface area contributed by atoms with Crippen molar-refractivity contribution < 1.29 is 0 Å². The first-order valence-electron chi connectivity index (χ1n) is 1.54. The van der Waals surface area contributed by atoms with E-state index in [4.69, 9.17) is 0 Å². The summed E-state index contributed by atoms with van der Waals surface area (Å²) in [6.45, 7) is 0. The van der Waals surface area contributed by atoms with Crippen molar-refractivity contribution in [2.45, 2.75) is 0 Å². The van der Waals surface area contributed by atoms with Gasteiger partial charge in [0.25, 0.3) is 0 Å². The third-order valence-corrected chi connectivity index (χ3v) is 0.394. The first-order valence-corrected chi connectivity index (χ1v) is 1.54. The summed E-state index contributed by atoms with van der Waals surface area (Å²) in [4.78, 5) is 7.03. The molecule has 1 rings (SSSR count). The molecule has 1 heterocycles. The van der Waals surface area contributed by atoms with Crippen LogP contribution in [-0.4, -0.2) is 9.97 Å². The lowest BCUT2D eigenvalue weighted by molar-refractivity contribution is 1.15. The highest BCUT2D eigenvalue weighted by Gasteiger charge is 1.62. The van der Waals surface area contributed by atoms with Gasteiger partial charge in [0, 0.05) is 0 Å². The maximum Gasteiger partial charge on any atom is 0.116 e. The molecule has 0 unspecified atom stereocenters. The highest BCUT2D eigenvalue weighted by atomic mass is 14.8. The summed E-state index contributed by atoms with van der Waals surface area (Å²) in [5.74, 6) is 0. The number of aromatic nitrogens is 2. The van der Waals surface area contributed by atoms with Crippen LogP contribution in [0.2, 0.25) is 0 Å². The molecule has 0 N–H and O–H groups in total. The predicted molar refractivity (Wildman–Crippen MR) is 19.7 cm³/mol. The zero-order valence-corrected chi connectivity index (χ0v) is 3.05. The maximum atomic E-state index is 3.52. The van der Waals surface area contributed by atoms with E-state index in [2.05, 4.69) is 22.4 Å². The Labute approximate surface area is 35.9 Å². The lowest BCUT2D eigenvalue weighted by atomic mass is 10.7. The highest BCUT2D eigenvalue weighted by molar-refractivity contribution is 4.69. The van der Waals surface area contributed by atoms with Crippen molar-refractivity contribution in [2.75, 3.05) is 0 Å². The van der Waals surface area contributed by atoms with Gasteiger partial charge in [0.2, 0.25) is 0 Å². The third kappa shape index (κ3) is 0.516. The molecule has 0 aliphatic heterocycles. The molecule has 2 nitrogen and oxygen atoms in total. The molecule has 0 atom stereocenters. The van der Waals surface area contributed by atoms with Crippen molar-refractivity contribution in [1.29, 1.82) is 0 Å². The fourth-order valence-electron chi connectivity index (χ4n) is 0.199. The van der Waals surface area contributed by atoms with Crippen LogP contribution in [0.25, 0.3) is 0 Å². The molecule has 1 aromatic heterocycles. The van der Waals surface area contributed by atoms with Gasteiger partial charge in [-0.05, 0) is 6.07 Å². The van der Waals surface area contributed by atoms with Gasteiger partial charge >= 0.3 is 0 Å². The second kappa shape index (κ2) is 1.50. The number of nitrogens with zero attached hydrogens (tertiary/aromatic N) is 2. The van der Waals surface area contributed by atoms with Crippen LogP contribution in [0.1, 0.15) is 0 Å². The molecular formula is C4H2N2. The minimum Gasteiger partial charge on any atom is -0.235 e. The normalized spacial score (nSPS) is 8.00. The minimum atomic E-state index is 1.39. The lowest BCUT2D eigenvalue weighted by Crippen LogP contribution is -1.68. The highest BCUT2D eigenvalue weighted by Crippen LogP contribution is 1.63. The fourth-order valence-corrected chi connectivity index (χ4v) is 0.199. The molecule has 0 aliphatic carbocycles. The monoisotopic (exact) mass is 78.0 g/mol. The summed E-state index contributed by atoms with van der Waals surface area (Å²) in [5, 5.41) is 0. The van der Waals surface area contributed by atoms with Gasteiger partial charge in [-0.1, -0.05) is 0 Å². The standard InChI is InChI=1S/C4H2N2/c1-2-5-4-6-3-1/h1,4H. The van der Waals surface area contributed by atoms with E-state index in [1.54, 1.807) is 0 Å². The summed E-state index contributed by atoms with van der Waals surface area (Å²) < 4.78 is 0. The van der Waals surface area contributed by atoms with Crippen LogP contribution in [0, 0.1) is 12.4 Å². The van der Waals surface area contributed by atoms with Gasteiger partial charge in [0.1, 0.15) is 6.33 Å². The molecule has 1 aromatic rings. The SMILES string of the molecule is [c]1c[c]ncn1. The first-order chi connectivity index (χ1) is 3.00. The predicted octanol–water partition coefficient (Wildman–Crippen LogP) is 0.0770. The van der Waals surface area contributed by atoms with Gasteiger partial charge < -0.3 is 0 Å². The van der Waals surface area contributed by atoms with Gasteiger partial charge in [-0.3, -0.25) is 0 Å². The summed E-state index contributed by atoms with van der Waals surface area (Å²) in [6, 6.07) is 1.53. The molecule has 0 saturated heterocycles. The molecule has 0 aromatic carbocycles. The summed E-state index contributed by atoms with van der Waals surface area (Å²) >= 11 is 0. The molecule has 0 spiro atoms. The summed E-state index contributed by atoms with van der Waals surface area (Å²) in [6.07, 6.45) is 6.44. The molecule has 0 aliphatic rings. The zero-order chi connectivity index (χ0) is 4.24. The molecule has 2 heteroatoms. The van der Waals surface area contributed by atoms with Crippen LogP contribution in [0.15, 0.2) is 12.4 Å². The molecule has 2 radical (unpaired) electrons. The van der Waals surface area contributed by atoms with Gasteiger partial charge in [0.05, 0.1) is 12.4 Å². The van der Waals surface area contributed by atoms with Crippen molar-refractivity contribution in [3.8, 4) is 0 Å². The Kier molecular flexibility index (Phi) is 0.819. The third-order valence-electron chi connectivity index (χ3n) is 0.394. The summed E-state index contributed by atoms with van der Waals surface area (Å²) in [7, 11) is 0. The molecule has 0 bridgehead atoms. The molecule has 0 amide bonds. The van der Waals surface area contributed by atoms with E-state index in [1.807, 2.05) is 0 Å². The van der Waals surface area contributed by atoms with Crippen molar-refractivity contribution in [2.24, 2.45) is 0 Å². The van der Waals surface area contributed by atoms with E-state index < -0.39 is 0 Å². The lowest BCUT2D eigenvalue weighted by Gasteiger charge is -1.67. The van der Waals surface area contributed by atoms with E-state index in [0.29, 0.717) is 0 Å². The first kappa shape index (κ1) is 3.28. The minimum absolute atomic E-state index is 1.39. The van der Waals surface area contributed by atoms with Crippen molar-refractivity contribution >= 4 is 0 Å². The molecule has 6 heavy (non-hydrogen) atoms. The van der Waals surface area contributed by atoms with E-state index in [9.17, 15) is 0 Å². The van der Waals surface area contributed by atoms with Gasteiger partial charge in [-0.25, -0.2) is 9.97 Å². The van der Waals surface area contributed by atoms with Crippen molar-refractivity contribution in [1.82, 2.24) is 9.97 Å². The Morgan fingerprint density at radius 3 is 2.00 bits per heavy atom. The van der Waals surface area contributed by atoms with Crippen LogP contribution < -0.4 is 0 Å². The molecular weight excluding hydrogens is 76.1 g/mol. The average molecular weight is 78.1 g/mol. The topological polar surface area (TPSA) is 25.8 Å². The van der Waals surface area contributed by atoms with Crippen LogP contribution in [0.5, 0.6) is 0 Å². The van der Waals surface area contributed by atoms with Crippen LogP contribution in [-0.2, 0) is 0 Å². The maximum absolute atomic E-state index is 3.52. The quantitative estimate of drug-likeness (QED) is 0.439. The second-order valence-corrected chi connectivity index (χ2v) is 0.776. The Morgan fingerprint density at radius 1 is 1.17 bits per heavy atom. The van der Waals surface area contributed by atoms with Crippen molar-refractivity contribution in [3.63, 3.8) is 0 Å². The van der Waals surface area contributed by atoms with Gasteiger partial charge in [-0.2, -0.15) is 0 Å². The number of rotatable bonds is 0. The largest absolute Gasteiger partial charge is 0.235 e. The van der Waals surface area contributed by atoms with E-state index >= 15 is 0 Å². The van der Waals surface area contributed by atoms with Crippen molar-refractivity contribution in [3.05, 3.63) is 24.8 Å².